The number of primary amides is 1. The molecule has 0 bridgehead atoms. The molecule has 7 heteroatoms. The van der Waals surface area contributed by atoms with Gasteiger partial charge in [-0.3, -0.25) is 0 Å². The van der Waals surface area contributed by atoms with Gasteiger partial charge in [0.05, 0.1) is 0 Å². The summed E-state index contributed by atoms with van der Waals surface area (Å²) < 4.78 is 5.57. The van der Waals surface area contributed by atoms with Crippen LogP contribution in [0.1, 0.15) is 5.56 Å². The van der Waals surface area contributed by atoms with Gasteiger partial charge in [-0.05, 0) is 12.3 Å². The van der Waals surface area contributed by atoms with Crippen LogP contribution in [-0.4, -0.2) is 11.9 Å². The Morgan fingerprint density at radius 1 is 1.50 bits per heavy atom. The predicted molar refractivity (Wildman–Crippen MR) is 79.2 cm³/mol. The molecule has 1 rings (SSSR count). The number of ether oxygens (including phenoxy) is 1. The van der Waals surface area contributed by atoms with Crippen LogP contribution in [0.2, 0.25) is 0 Å². The highest BCUT2D eigenvalue weighted by atomic mass is 35.5. The fourth-order valence-electron chi connectivity index (χ4n) is 1.34. The Bertz CT molecular complexity index is 555. The number of aliphatic imine (C=N–C) groups is 1. The second-order valence-electron chi connectivity index (χ2n) is 3.61. The fraction of sp³-hybridized carbons (Fsp3) is 0.0769. The van der Waals surface area contributed by atoms with E-state index in [0.29, 0.717) is 5.75 Å². The number of halogens is 1. The molecule has 0 aromatic heterocycles. The third-order valence-corrected chi connectivity index (χ3v) is 2.20. The van der Waals surface area contributed by atoms with E-state index in [9.17, 15) is 4.79 Å². The average Bonchev–Trinajstić information content (AvgIpc) is 2.37. The number of urea groups is 1. The molecule has 0 fully saturated rings. The van der Waals surface area contributed by atoms with Crippen LogP contribution in [0.4, 0.5) is 4.79 Å². The molecule has 0 saturated carbocycles. The van der Waals surface area contributed by atoms with Gasteiger partial charge in [0.25, 0.3) is 0 Å². The van der Waals surface area contributed by atoms with Crippen molar-refractivity contribution in [1.82, 2.24) is 5.32 Å². The topological polar surface area (TPSA) is 103 Å². The monoisotopic (exact) mass is 294 g/mol. The summed E-state index contributed by atoms with van der Waals surface area (Å²) in [6, 6.07) is 6.47. The maximum atomic E-state index is 10.7. The molecular weight excluding hydrogens is 280 g/mol. The van der Waals surface area contributed by atoms with E-state index < -0.39 is 6.03 Å². The zero-order chi connectivity index (χ0) is 15.0. The average molecular weight is 295 g/mol. The molecule has 106 valence electrons. The number of amides is 2. The molecule has 0 aliphatic rings. The number of hydrogen-bond acceptors (Lipinski definition) is 4. The van der Waals surface area contributed by atoms with E-state index in [4.69, 9.17) is 27.8 Å². The van der Waals surface area contributed by atoms with Crippen molar-refractivity contribution in [2.24, 2.45) is 16.5 Å². The summed E-state index contributed by atoms with van der Waals surface area (Å²) in [7, 11) is 0. The zero-order valence-electron chi connectivity index (χ0n) is 10.7. The minimum atomic E-state index is -0.621. The summed E-state index contributed by atoms with van der Waals surface area (Å²) in [6.07, 6.45) is 2.70. The van der Waals surface area contributed by atoms with Crippen molar-refractivity contribution >= 4 is 23.5 Å². The van der Waals surface area contributed by atoms with E-state index >= 15 is 0 Å². The summed E-state index contributed by atoms with van der Waals surface area (Å²) in [5.74, 6) is 0.676. The standard InChI is InChI=1S/C13H15ClN4O2/c1-9(14)18-12(6-7-15)20-11-5-3-2-4-10(11)8-17-13(16)19/h2-7H,1,8,15H2,(H3,16,17,19)/b7-6-,18-12?. The van der Waals surface area contributed by atoms with Gasteiger partial charge in [0.1, 0.15) is 10.9 Å². The van der Waals surface area contributed by atoms with Gasteiger partial charge in [0.15, 0.2) is 0 Å². The Balaban J connectivity index is 2.95. The molecule has 0 aliphatic carbocycles. The van der Waals surface area contributed by atoms with E-state index in [0.717, 1.165) is 5.56 Å². The van der Waals surface area contributed by atoms with Crippen molar-refractivity contribution in [3.05, 3.63) is 53.8 Å². The first-order valence-corrected chi connectivity index (χ1v) is 6.01. The Morgan fingerprint density at radius 2 is 2.20 bits per heavy atom. The molecule has 0 radical (unpaired) electrons. The van der Waals surface area contributed by atoms with Crippen molar-refractivity contribution in [3.8, 4) is 5.75 Å². The first kappa shape index (κ1) is 15.6. The lowest BCUT2D eigenvalue weighted by Crippen LogP contribution is -2.28. The smallest absolute Gasteiger partial charge is 0.312 e. The molecular formula is C13H15ClN4O2. The van der Waals surface area contributed by atoms with Crippen molar-refractivity contribution in [3.63, 3.8) is 0 Å². The molecule has 0 unspecified atom stereocenters. The Labute approximate surface area is 121 Å². The van der Waals surface area contributed by atoms with Gasteiger partial charge in [-0.2, -0.15) is 0 Å². The van der Waals surface area contributed by atoms with E-state index in [1.165, 1.54) is 12.3 Å². The van der Waals surface area contributed by atoms with Crippen LogP contribution >= 0.6 is 11.6 Å². The zero-order valence-corrected chi connectivity index (χ0v) is 11.4. The molecule has 1 aromatic rings. The minimum Gasteiger partial charge on any atom is -0.439 e. The van der Waals surface area contributed by atoms with Crippen molar-refractivity contribution in [1.29, 1.82) is 0 Å². The maximum Gasteiger partial charge on any atom is 0.312 e. The van der Waals surface area contributed by atoms with Crippen LogP contribution < -0.4 is 21.5 Å². The molecule has 2 amide bonds. The van der Waals surface area contributed by atoms with E-state index in [2.05, 4.69) is 16.9 Å². The van der Waals surface area contributed by atoms with Crippen LogP contribution in [0.3, 0.4) is 0 Å². The third kappa shape index (κ3) is 5.45. The number of nitrogens with zero attached hydrogens (tertiary/aromatic N) is 1. The van der Waals surface area contributed by atoms with Gasteiger partial charge in [-0.25, -0.2) is 9.79 Å². The van der Waals surface area contributed by atoms with E-state index in [1.54, 1.807) is 24.3 Å². The molecule has 0 heterocycles. The van der Waals surface area contributed by atoms with Gasteiger partial charge in [-0.15, -0.1) is 0 Å². The van der Waals surface area contributed by atoms with Gasteiger partial charge >= 0.3 is 6.03 Å². The summed E-state index contributed by atoms with van der Waals surface area (Å²) >= 11 is 5.61. The molecule has 1 aromatic carbocycles. The van der Waals surface area contributed by atoms with Crippen LogP contribution in [-0.2, 0) is 6.54 Å². The van der Waals surface area contributed by atoms with E-state index in [-0.39, 0.29) is 17.6 Å². The highest BCUT2D eigenvalue weighted by Crippen LogP contribution is 2.18. The Kier molecular flexibility index (Phi) is 6.12. The van der Waals surface area contributed by atoms with Gasteiger partial charge in [0.2, 0.25) is 5.90 Å². The Morgan fingerprint density at radius 3 is 2.80 bits per heavy atom. The number of carbonyl (C=O) groups is 1. The molecule has 0 spiro atoms. The summed E-state index contributed by atoms with van der Waals surface area (Å²) in [6.45, 7) is 3.68. The number of hydrogen-bond donors (Lipinski definition) is 3. The predicted octanol–water partition coefficient (Wildman–Crippen LogP) is 1.81. The van der Waals surface area contributed by atoms with Crippen LogP contribution in [0, 0.1) is 0 Å². The van der Waals surface area contributed by atoms with E-state index in [1.807, 2.05) is 0 Å². The van der Waals surface area contributed by atoms with Crippen molar-refractivity contribution < 1.29 is 9.53 Å². The normalized spacial score (nSPS) is 11.3. The highest BCUT2D eigenvalue weighted by molar-refractivity contribution is 6.29. The summed E-state index contributed by atoms with van der Waals surface area (Å²) in [5, 5.41) is 2.54. The van der Waals surface area contributed by atoms with Gasteiger partial charge < -0.3 is 21.5 Å². The second kappa shape index (κ2) is 7.85. The van der Waals surface area contributed by atoms with Crippen LogP contribution in [0.25, 0.3) is 0 Å². The summed E-state index contributed by atoms with van der Waals surface area (Å²) in [5.41, 5.74) is 11.1. The van der Waals surface area contributed by atoms with Crippen molar-refractivity contribution in [2.75, 3.05) is 0 Å². The first-order chi connectivity index (χ1) is 9.52. The van der Waals surface area contributed by atoms with Gasteiger partial charge in [0, 0.05) is 18.2 Å². The largest absolute Gasteiger partial charge is 0.439 e. The number of benzene rings is 1. The van der Waals surface area contributed by atoms with Crippen LogP contribution in [0.5, 0.6) is 5.75 Å². The number of para-hydroxylation sites is 1. The molecule has 0 saturated heterocycles. The molecule has 0 atom stereocenters. The Hall–Kier alpha value is -2.47. The second-order valence-corrected chi connectivity index (χ2v) is 4.05. The third-order valence-electron chi connectivity index (χ3n) is 2.11. The van der Waals surface area contributed by atoms with Crippen LogP contribution in [0.15, 0.2) is 53.3 Å². The van der Waals surface area contributed by atoms with Gasteiger partial charge in [-0.1, -0.05) is 36.4 Å². The molecule has 20 heavy (non-hydrogen) atoms. The number of carbonyl (C=O) groups excluding carboxylic acids is 1. The molecule has 0 aliphatic heterocycles. The lowest BCUT2D eigenvalue weighted by atomic mass is 10.2. The molecule has 5 N–H and O–H groups in total. The summed E-state index contributed by atoms with van der Waals surface area (Å²) in [4.78, 5) is 14.6. The lowest BCUT2D eigenvalue weighted by Gasteiger charge is -2.11. The quantitative estimate of drug-likeness (QED) is 0.438. The highest BCUT2D eigenvalue weighted by Gasteiger charge is 2.06. The number of rotatable bonds is 5. The fourth-order valence-corrected chi connectivity index (χ4v) is 1.42. The molecule has 6 nitrogen and oxygen atoms in total. The number of nitrogens with one attached hydrogen (secondary N) is 1. The SMILES string of the molecule is C=C(Cl)N=C(/C=C\N)Oc1ccccc1CNC(N)=O. The maximum absolute atomic E-state index is 10.7. The lowest BCUT2D eigenvalue weighted by molar-refractivity contribution is 0.248. The number of nitrogens with two attached hydrogens (primary N) is 2. The minimum absolute atomic E-state index is 0.0610. The van der Waals surface area contributed by atoms with Crippen molar-refractivity contribution in [2.45, 2.75) is 6.54 Å². The first-order valence-electron chi connectivity index (χ1n) is 5.63.